The van der Waals surface area contributed by atoms with E-state index in [9.17, 15) is 0 Å². The highest BCUT2D eigenvalue weighted by atomic mass is 79.9. The van der Waals surface area contributed by atoms with Crippen LogP contribution in [0.2, 0.25) is 0 Å². The fourth-order valence-corrected chi connectivity index (χ4v) is 3.61. The van der Waals surface area contributed by atoms with Crippen LogP contribution in [-0.2, 0) is 24.1 Å². The van der Waals surface area contributed by atoms with Crippen LogP contribution in [0.15, 0.2) is 4.47 Å². The fraction of sp³-hybridized carbons (Fsp3) is 0.800. The molecule has 0 amide bonds. The normalized spacial score (nSPS) is 18.0. The van der Waals surface area contributed by atoms with E-state index in [0.29, 0.717) is 5.92 Å². The van der Waals surface area contributed by atoms with Crippen molar-refractivity contribution in [3.8, 4) is 0 Å². The first-order valence-corrected chi connectivity index (χ1v) is 8.77. The molecule has 0 aromatic carbocycles. The molecule has 120 valence electrons. The summed E-state index contributed by atoms with van der Waals surface area (Å²) in [6, 6.07) is 0.125. The van der Waals surface area contributed by atoms with Gasteiger partial charge in [-0.3, -0.25) is 16.0 Å². The first kappa shape index (κ1) is 16.9. The van der Waals surface area contributed by atoms with E-state index in [1.165, 1.54) is 18.5 Å². The summed E-state index contributed by atoms with van der Waals surface area (Å²) >= 11 is 3.71. The zero-order chi connectivity index (χ0) is 15.4. The molecule has 2 unspecified atom stereocenters. The monoisotopic (exact) mass is 358 g/mol. The minimum absolute atomic E-state index is 0.125. The molecule has 1 aliphatic rings. The maximum atomic E-state index is 5.95. The van der Waals surface area contributed by atoms with Crippen molar-refractivity contribution >= 4 is 15.9 Å². The molecule has 1 aliphatic carbocycles. The van der Waals surface area contributed by atoms with Gasteiger partial charge in [0.15, 0.2) is 0 Å². The molecule has 2 rings (SSSR count). The second kappa shape index (κ2) is 7.72. The van der Waals surface area contributed by atoms with Crippen LogP contribution in [0, 0.1) is 5.92 Å². The highest BCUT2D eigenvalue weighted by molar-refractivity contribution is 9.10. The topological polar surface area (TPSA) is 65.1 Å². The number of nitrogens with one attached hydrogen (secondary N) is 1. The van der Waals surface area contributed by atoms with Gasteiger partial charge in [-0.15, -0.1) is 0 Å². The van der Waals surface area contributed by atoms with E-state index in [0.717, 1.165) is 36.2 Å². The van der Waals surface area contributed by atoms with Crippen molar-refractivity contribution in [3.05, 3.63) is 15.9 Å². The van der Waals surface area contributed by atoms with Crippen LogP contribution < -0.4 is 11.3 Å². The summed E-state index contributed by atoms with van der Waals surface area (Å²) in [5.74, 6) is 6.47. The maximum Gasteiger partial charge on any atom is 0.0773 e. The second-order valence-electron chi connectivity index (χ2n) is 5.61. The van der Waals surface area contributed by atoms with Gasteiger partial charge in [-0.1, -0.05) is 6.92 Å². The highest BCUT2D eigenvalue weighted by Gasteiger charge is 2.37. The van der Waals surface area contributed by atoms with E-state index in [4.69, 9.17) is 10.6 Å². The van der Waals surface area contributed by atoms with Gasteiger partial charge in [0.2, 0.25) is 0 Å². The Kier molecular flexibility index (Phi) is 6.22. The number of hydrazine groups is 1. The molecule has 1 heterocycles. The zero-order valence-electron chi connectivity index (χ0n) is 13.2. The number of aromatic nitrogens is 2. The Morgan fingerprint density at radius 2 is 2.14 bits per heavy atom. The SMILES string of the molecule is CCOC(C1CC1)C(Cc1c(Br)c(CC)nn1CC)NN. The average Bonchev–Trinajstić information content (AvgIpc) is 3.28. The van der Waals surface area contributed by atoms with Crippen LogP contribution in [0.3, 0.4) is 0 Å². The summed E-state index contributed by atoms with van der Waals surface area (Å²) in [5, 5.41) is 4.66. The summed E-state index contributed by atoms with van der Waals surface area (Å²) in [4.78, 5) is 0. The average molecular weight is 359 g/mol. The third-order valence-corrected chi connectivity index (χ3v) is 5.08. The van der Waals surface area contributed by atoms with Crippen molar-refractivity contribution in [2.75, 3.05) is 6.61 Å². The van der Waals surface area contributed by atoms with E-state index >= 15 is 0 Å². The van der Waals surface area contributed by atoms with E-state index in [2.05, 4.69) is 45.0 Å². The summed E-state index contributed by atoms with van der Waals surface area (Å²) in [7, 11) is 0. The molecule has 0 bridgehead atoms. The molecule has 0 aliphatic heterocycles. The van der Waals surface area contributed by atoms with E-state index in [1.54, 1.807) is 0 Å². The number of hydrogen-bond donors (Lipinski definition) is 2. The van der Waals surface area contributed by atoms with Crippen molar-refractivity contribution in [2.45, 2.75) is 65.1 Å². The standard InChI is InChI=1S/C15H27BrN4O/c1-4-11-14(16)13(20(5-2)19-11)9-12(18-17)15(21-6-3)10-7-8-10/h10,12,15,18H,4-9,17H2,1-3H3. The number of nitrogens with zero attached hydrogens (tertiary/aromatic N) is 2. The molecular formula is C15H27BrN4O. The molecule has 1 fully saturated rings. The number of ether oxygens (including phenoxy) is 1. The van der Waals surface area contributed by atoms with Gasteiger partial charge in [0.1, 0.15) is 0 Å². The van der Waals surface area contributed by atoms with Crippen molar-refractivity contribution < 1.29 is 4.74 Å². The predicted octanol–water partition coefficient (Wildman–Crippen LogP) is 2.42. The second-order valence-corrected chi connectivity index (χ2v) is 6.40. The predicted molar refractivity (Wildman–Crippen MR) is 87.9 cm³/mol. The van der Waals surface area contributed by atoms with Crippen molar-refractivity contribution in [1.82, 2.24) is 15.2 Å². The minimum atomic E-state index is 0.125. The molecule has 1 aromatic heterocycles. The van der Waals surface area contributed by atoms with Crippen LogP contribution >= 0.6 is 15.9 Å². The molecule has 6 heteroatoms. The van der Waals surface area contributed by atoms with E-state index < -0.39 is 0 Å². The van der Waals surface area contributed by atoms with Gasteiger partial charge in [-0.05, 0) is 55.0 Å². The van der Waals surface area contributed by atoms with Gasteiger partial charge >= 0.3 is 0 Å². The van der Waals surface area contributed by atoms with Gasteiger partial charge in [-0.2, -0.15) is 5.10 Å². The van der Waals surface area contributed by atoms with Gasteiger partial charge in [0, 0.05) is 19.6 Å². The van der Waals surface area contributed by atoms with Gasteiger partial charge in [0.25, 0.3) is 0 Å². The molecule has 5 nitrogen and oxygen atoms in total. The van der Waals surface area contributed by atoms with Crippen LogP contribution in [0.1, 0.15) is 45.0 Å². The number of hydrogen-bond acceptors (Lipinski definition) is 4. The van der Waals surface area contributed by atoms with Crippen molar-refractivity contribution in [1.29, 1.82) is 0 Å². The molecular weight excluding hydrogens is 332 g/mol. The Morgan fingerprint density at radius 3 is 2.62 bits per heavy atom. The fourth-order valence-electron chi connectivity index (χ4n) is 2.89. The van der Waals surface area contributed by atoms with Gasteiger partial charge in [0.05, 0.1) is 28.0 Å². The quantitative estimate of drug-likeness (QED) is 0.525. The molecule has 2 atom stereocenters. The molecule has 1 saturated carbocycles. The Bertz CT molecular complexity index is 459. The largest absolute Gasteiger partial charge is 0.377 e. The lowest BCUT2D eigenvalue weighted by Crippen LogP contribution is -2.48. The van der Waals surface area contributed by atoms with Crippen LogP contribution in [0.25, 0.3) is 0 Å². The van der Waals surface area contributed by atoms with Gasteiger partial charge < -0.3 is 4.74 Å². The lowest BCUT2D eigenvalue weighted by atomic mass is 10.0. The van der Waals surface area contributed by atoms with E-state index in [1.807, 2.05) is 6.92 Å². The maximum absolute atomic E-state index is 5.95. The lowest BCUT2D eigenvalue weighted by Gasteiger charge is -2.26. The Balaban J connectivity index is 2.19. The third kappa shape index (κ3) is 3.86. The highest BCUT2D eigenvalue weighted by Crippen LogP contribution is 2.37. The number of rotatable bonds is 9. The van der Waals surface area contributed by atoms with Crippen molar-refractivity contribution in [2.24, 2.45) is 11.8 Å². The van der Waals surface area contributed by atoms with E-state index in [-0.39, 0.29) is 12.1 Å². The molecule has 1 aromatic rings. The van der Waals surface area contributed by atoms with Crippen molar-refractivity contribution in [3.63, 3.8) is 0 Å². The molecule has 21 heavy (non-hydrogen) atoms. The summed E-state index contributed by atoms with van der Waals surface area (Å²) < 4.78 is 9.15. The zero-order valence-corrected chi connectivity index (χ0v) is 14.8. The Morgan fingerprint density at radius 1 is 1.43 bits per heavy atom. The van der Waals surface area contributed by atoms with Crippen LogP contribution in [0.5, 0.6) is 0 Å². The number of nitrogens with two attached hydrogens (primary N) is 1. The Hall–Kier alpha value is -0.430. The number of aryl methyl sites for hydroxylation is 2. The van der Waals surface area contributed by atoms with Crippen LogP contribution in [-0.4, -0.2) is 28.5 Å². The summed E-state index contributed by atoms with van der Waals surface area (Å²) in [5.41, 5.74) is 5.30. The third-order valence-electron chi connectivity index (χ3n) is 4.16. The molecule has 0 radical (unpaired) electrons. The first-order valence-electron chi connectivity index (χ1n) is 7.97. The smallest absolute Gasteiger partial charge is 0.0773 e. The molecule has 0 spiro atoms. The lowest BCUT2D eigenvalue weighted by molar-refractivity contribution is 0.0187. The summed E-state index contributed by atoms with van der Waals surface area (Å²) in [6.07, 6.45) is 4.45. The van der Waals surface area contributed by atoms with Gasteiger partial charge in [-0.25, -0.2) is 0 Å². The molecule has 0 saturated heterocycles. The summed E-state index contributed by atoms with van der Waals surface area (Å²) in [6.45, 7) is 7.89. The molecule has 3 N–H and O–H groups in total. The Labute approximate surface area is 135 Å². The minimum Gasteiger partial charge on any atom is -0.377 e. The van der Waals surface area contributed by atoms with Crippen LogP contribution in [0.4, 0.5) is 0 Å². The first-order chi connectivity index (χ1) is 10.2. The number of halogens is 1.